The van der Waals surface area contributed by atoms with Crippen molar-refractivity contribution < 1.29 is 46.6 Å². The minimum Gasteiger partial charge on any atom is -0.471 e. The summed E-state index contributed by atoms with van der Waals surface area (Å²) in [7, 11) is 0. The van der Waals surface area contributed by atoms with Crippen LogP contribution in [0.25, 0.3) is 0 Å². The molecule has 1 unspecified atom stereocenters. The van der Waals surface area contributed by atoms with E-state index in [-0.39, 0.29) is 66.8 Å². The molecular formula is C41H51F3N4O7. The summed E-state index contributed by atoms with van der Waals surface area (Å²) in [6.45, 7) is 16.4. The van der Waals surface area contributed by atoms with Gasteiger partial charge in [0.15, 0.2) is 0 Å². The van der Waals surface area contributed by atoms with Crippen LogP contribution in [0.3, 0.4) is 0 Å². The van der Waals surface area contributed by atoms with Crippen LogP contribution in [0.2, 0.25) is 0 Å². The minimum absolute atomic E-state index is 0.00939. The molecule has 14 heteroatoms. The molecule has 11 nitrogen and oxygen atoms in total. The molecule has 2 aromatic rings. The molecule has 298 valence electrons. The SMILES string of the molecule is C=CC1=C(/C=C(\C)C(=O)N(C(C)C)[C@@H]2CCCN(C(=O)OC(C)(C)C)C2)N(CCNC(=O)OCc2ccccc2)C(=O)C(C)(c2cccc(C(F)(F)F)c2)O1. The van der Waals surface area contributed by atoms with Crippen molar-refractivity contribution >= 4 is 24.0 Å². The second-order valence-electron chi connectivity index (χ2n) is 15.0. The quantitative estimate of drug-likeness (QED) is 0.233. The van der Waals surface area contributed by atoms with Crippen molar-refractivity contribution in [3.8, 4) is 0 Å². The van der Waals surface area contributed by atoms with Crippen LogP contribution in [0.1, 0.15) is 78.0 Å². The summed E-state index contributed by atoms with van der Waals surface area (Å²) in [4.78, 5) is 58.8. The molecule has 4 rings (SSSR count). The number of ether oxygens (including phenoxy) is 3. The van der Waals surface area contributed by atoms with Crippen molar-refractivity contribution in [3.63, 3.8) is 0 Å². The fraction of sp³-hybridized carbons (Fsp3) is 0.463. The number of allylic oxidation sites excluding steroid dienone is 2. The number of alkyl halides is 3. The highest BCUT2D eigenvalue weighted by molar-refractivity contribution is 5.95. The molecule has 0 radical (unpaired) electrons. The van der Waals surface area contributed by atoms with Gasteiger partial charge in [0.05, 0.1) is 17.3 Å². The fourth-order valence-corrected chi connectivity index (χ4v) is 6.52. The van der Waals surface area contributed by atoms with Gasteiger partial charge in [-0.2, -0.15) is 13.2 Å². The van der Waals surface area contributed by atoms with Crippen molar-refractivity contribution in [2.75, 3.05) is 26.2 Å². The number of halogens is 3. The van der Waals surface area contributed by atoms with Gasteiger partial charge in [-0.05, 0) is 91.2 Å². The van der Waals surface area contributed by atoms with Crippen molar-refractivity contribution in [1.82, 2.24) is 20.0 Å². The number of hydrogen-bond donors (Lipinski definition) is 1. The monoisotopic (exact) mass is 768 g/mol. The normalized spacial score (nSPS) is 19.5. The van der Waals surface area contributed by atoms with Gasteiger partial charge in [0, 0.05) is 43.4 Å². The summed E-state index contributed by atoms with van der Waals surface area (Å²) < 4.78 is 58.4. The lowest BCUT2D eigenvalue weighted by Gasteiger charge is -2.42. The molecule has 0 aliphatic carbocycles. The van der Waals surface area contributed by atoms with E-state index in [1.807, 2.05) is 32.0 Å². The van der Waals surface area contributed by atoms with Crippen LogP contribution in [0.4, 0.5) is 22.8 Å². The summed E-state index contributed by atoms with van der Waals surface area (Å²) >= 11 is 0. The van der Waals surface area contributed by atoms with E-state index < -0.39 is 41.0 Å². The number of hydrogen-bond acceptors (Lipinski definition) is 7. The zero-order chi connectivity index (χ0) is 40.7. The Morgan fingerprint density at radius 2 is 1.80 bits per heavy atom. The third-order valence-electron chi connectivity index (χ3n) is 9.18. The number of piperidine rings is 1. The third-order valence-corrected chi connectivity index (χ3v) is 9.18. The van der Waals surface area contributed by atoms with Gasteiger partial charge in [0.1, 0.15) is 18.0 Å². The number of alkyl carbamates (subject to hydrolysis) is 1. The van der Waals surface area contributed by atoms with E-state index in [1.165, 1.54) is 36.1 Å². The highest BCUT2D eigenvalue weighted by Gasteiger charge is 2.47. The number of rotatable bonds is 11. The van der Waals surface area contributed by atoms with Crippen molar-refractivity contribution in [3.05, 3.63) is 107 Å². The average molecular weight is 769 g/mol. The third kappa shape index (κ3) is 10.7. The molecule has 1 saturated heterocycles. The molecule has 1 N–H and O–H groups in total. The maximum absolute atomic E-state index is 14.4. The van der Waals surface area contributed by atoms with Gasteiger partial charge in [-0.15, -0.1) is 0 Å². The Hall–Kier alpha value is -5.27. The lowest BCUT2D eigenvalue weighted by Crippen LogP contribution is -2.54. The second kappa shape index (κ2) is 17.5. The Morgan fingerprint density at radius 3 is 2.42 bits per heavy atom. The largest absolute Gasteiger partial charge is 0.471 e. The molecule has 0 aromatic heterocycles. The molecule has 0 saturated carbocycles. The van der Waals surface area contributed by atoms with Gasteiger partial charge in [0.2, 0.25) is 11.5 Å². The number of benzene rings is 2. The van der Waals surface area contributed by atoms with Crippen molar-refractivity contribution in [1.29, 1.82) is 0 Å². The van der Waals surface area contributed by atoms with Crippen molar-refractivity contribution in [2.24, 2.45) is 0 Å². The van der Waals surface area contributed by atoms with Crippen LogP contribution in [0.15, 0.2) is 90.4 Å². The highest BCUT2D eigenvalue weighted by Crippen LogP contribution is 2.40. The molecule has 1 fully saturated rings. The number of carbonyl (C=O) groups is 4. The number of nitrogens with one attached hydrogen (secondary N) is 1. The molecule has 55 heavy (non-hydrogen) atoms. The van der Waals surface area contributed by atoms with Gasteiger partial charge >= 0.3 is 18.4 Å². The zero-order valence-electron chi connectivity index (χ0n) is 32.5. The van der Waals surface area contributed by atoms with E-state index in [1.54, 1.807) is 49.6 Å². The molecule has 2 aliphatic rings. The average Bonchev–Trinajstić information content (AvgIpc) is 3.12. The van der Waals surface area contributed by atoms with Crippen LogP contribution in [0.5, 0.6) is 0 Å². The van der Waals surface area contributed by atoms with Gasteiger partial charge in [-0.1, -0.05) is 49.0 Å². The number of likely N-dealkylation sites (tertiary alicyclic amines) is 1. The molecular weight excluding hydrogens is 717 g/mol. The first-order valence-corrected chi connectivity index (χ1v) is 18.2. The lowest BCUT2D eigenvalue weighted by molar-refractivity contribution is -0.155. The van der Waals surface area contributed by atoms with Crippen LogP contribution in [0, 0.1) is 0 Å². The zero-order valence-corrected chi connectivity index (χ0v) is 32.5. The number of amides is 4. The van der Waals surface area contributed by atoms with Gasteiger partial charge in [0.25, 0.3) is 5.91 Å². The number of carbonyl (C=O) groups excluding carboxylic acids is 4. The molecule has 2 heterocycles. The van der Waals surface area contributed by atoms with E-state index in [4.69, 9.17) is 14.2 Å². The Labute approximate surface area is 320 Å². The topological polar surface area (TPSA) is 118 Å². The van der Waals surface area contributed by atoms with Crippen LogP contribution < -0.4 is 5.32 Å². The second-order valence-corrected chi connectivity index (χ2v) is 15.0. The van der Waals surface area contributed by atoms with Crippen LogP contribution >= 0.6 is 0 Å². The molecule has 2 atom stereocenters. The van der Waals surface area contributed by atoms with E-state index >= 15 is 0 Å². The fourth-order valence-electron chi connectivity index (χ4n) is 6.52. The predicted octanol–water partition coefficient (Wildman–Crippen LogP) is 7.69. The summed E-state index contributed by atoms with van der Waals surface area (Å²) in [6.07, 6.45) is -1.80. The van der Waals surface area contributed by atoms with E-state index in [9.17, 15) is 32.3 Å². The van der Waals surface area contributed by atoms with E-state index in [0.717, 1.165) is 17.7 Å². The summed E-state index contributed by atoms with van der Waals surface area (Å²) in [5.74, 6) is -1.06. The molecule has 4 amide bonds. The molecule has 0 spiro atoms. The van der Waals surface area contributed by atoms with Gasteiger partial charge in [-0.25, -0.2) is 9.59 Å². The summed E-state index contributed by atoms with van der Waals surface area (Å²) in [5.41, 5.74) is -2.53. The van der Waals surface area contributed by atoms with Gasteiger partial charge < -0.3 is 34.2 Å². The first-order chi connectivity index (χ1) is 25.7. The lowest BCUT2D eigenvalue weighted by atomic mass is 9.90. The van der Waals surface area contributed by atoms with Crippen molar-refractivity contribution in [2.45, 2.75) is 97.4 Å². The standard InChI is InChI=1S/C41H51F3N4O7/c1-9-34-33(23-28(4)35(49)48(27(2)3)32-19-14-21-46(25-32)38(52)55-39(5,6)7)47(22-20-45-37(51)53-26-29-15-11-10-12-16-29)36(50)40(8,54-34)30-17-13-18-31(24-30)41(42,43)44/h9-13,15-18,23-24,27,32H,1,14,19-22,25-26H2,2-8H3,(H,45,51)/b28-23+/t32-,40?/m1/s1. The van der Waals surface area contributed by atoms with Crippen LogP contribution in [-0.2, 0) is 42.2 Å². The van der Waals surface area contributed by atoms with E-state index in [0.29, 0.717) is 19.4 Å². The van der Waals surface area contributed by atoms with Crippen LogP contribution in [-0.4, -0.2) is 82.6 Å². The summed E-state index contributed by atoms with van der Waals surface area (Å²) in [6, 6.07) is 12.7. The Bertz CT molecular complexity index is 1800. The summed E-state index contributed by atoms with van der Waals surface area (Å²) in [5, 5.41) is 2.62. The maximum Gasteiger partial charge on any atom is 0.416 e. The predicted molar refractivity (Wildman–Crippen MR) is 200 cm³/mol. The highest BCUT2D eigenvalue weighted by atomic mass is 19.4. The Kier molecular flexibility index (Phi) is 13.5. The van der Waals surface area contributed by atoms with Gasteiger partial charge in [-0.3, -0.25) is 9.59 Å². The first-order valence-electron chi connectivity index (χ1n) is 18.2. The van der Waals surface area contributed by atoms with E-state index in [2.05, 4.69) is 11.9 Å². The Balaban J connectivity index is 1.66. The molecule has 2 aliphatic heterocycles. The maximum atomic E-state index is 14.4. The Morgan fingerprint density at radius 1 is 1.11 bits per heavy atom. The molecule has 2 aromatic carbocycles. The smallest absolute Gasteiger partial charge is 0.416 e. The minimum atomic E-state index is -4.68. The first kappa shape index (κ1) is 42.5. The number of nitrogens with zero attached hydrogens (tertiary/aromatic N) is 3. The molecule has 0 bridgehead atoms.